The lowest BCUT2D eigenvalue weighted by molar-refractivity contribution is -0.139. The van der Waals surface area contributed by atoms with Gasteiger partial charge in [-0.25, -0.2) is 4.79 Å². The fraction of sp³-hybridized carbons (Fsp3) is 0.200. The molecule has 0 heterocycles. The number of carboxylic acid groups (broad SMARTS) is 1. The molecule has 2 aromatic rings. The lowest BCUT2D eigenvalue weighted by atomic mass is 10.1. The average Bonchev–Trinajstić information content (AvgIpc) is 2.46. The third kappa shape index (κ3) is 4.00. The molecular weight excluding hydrogens is 242 g/mol. The molecule has 0 bridgehead atoms. The first-order chi connectivity index (χ1) is 9.19. The normalized spacial score (nSPS) is 9.11. The Balaban J connectivity index is 0.000000861. The molecular formula is C15H15NO3. The van der Waals surface area contributed by atoms with Crippen molar-refractivity contribution in [2.24, 2.45) is 0 Å². The SMILES string of the molecule is CC.N#Cc1ccc2ccc(OCC(=O)O)cc2c1. The van der Waals surface area contributed by atoms with Gasteiger partial charge in [0, 0.05) is 0 Å². The average molecular weight is 257 g/mol. The van der Waals surface area contributed by atoms with E-state index in [0.717, 1.165) is 10.8 Å². The lowest BCUT2D eigenvalue weighted by Gasteiger charge is -2.04. The highest BCUT2D eigenvalue weighted by molar-refractivity contribution is 5.85. The van der Waals surface area contributed by atoms with Gasteiger partial charge in [-0.1, -0.05) is 26.0 Å². The van der Waals surface area contributed by atoms with E-state index < -0.39 is 5.97 Å². The van der Waals surface area contributed by atoms with E-state index in [4.69, 9.17) is 15.1 Å². The molecule has 0 atom stereocenters. The Bertz CT molecular complexity index is 614. The van der Waals surface area contributed by atoms with Crippen LogP contribution < -0.4 is 4.74 Å². The first-order valence-corrected chi connectivity index (χ1v) is 5.97. The number of aliphatic carboxylic acids is 1. The van der Waals surface area contributed by atoms with Gasteiger partial charge in [-0.05, 0) is 35.0 Å². The van der Waals surface area contributed by atoms with Crippen molar-refractivity contribution in [1.82, 2.24) is 0 Å². The summed E-state index contributed by atoms with van der Waals surface area (Å²) >= 11 is 0. The second kappa shape index (κ2) is 7.02. The smallest absolute Gasteiger partial charge is 0.341 e. The molecule has 0 spiro atoms. The van der Waals surface area contributed by atoms with Gasteiger partial charge in [0.1, 0.15) is 5.75 Å². The maximum absolute atomic E-state index is 10.4. The first-order valence-electron chi connectivity index (χ1n) is 5.97. The molecule has 4 nitrogen and oxygen atoms in total. The number of carbonyl (C=O) groups is 1. The number of nitrogens with zero attached hydrogens (tertiary/aromatic N) is 1. The Morgan fingerprint density at radius 3 is 2.53 bits per heavy atom. The van der Waals surface area contributed by atoms with Crippen LogP contribution in [0, 0.1) is 11.3 Å². The molecule has 1 N–H and O–H groups in total. The highest BCUT2D eigenvalue weighted by Gasteiger charge is 2.01. The van der Waals surface area contributed by atoms with Gasteiger partial charge in [0.2, 0.25) is 0 Å². The lowest BCUT2D eigenvalue weighted by Crippen LogP contribution is -2.09. The summed E-state index contributed by atoms with van der Waals surface area (Å²) < 4.78 is 5.07. The number of hydrogen-bond donors (Lipinski definition) is 1. The van der Waals surface area contributed by atoms with Crippen molar-refractivity contribution < 1.29 is 14.6 Å². The molecule has 0 aliphatic rings. The molecule has 0 fully saturated rings. The molecule has 0 aromatic heterocycles. The Morgan fingerprint density at radius 2 is 1.89 bits per heavy atom. The summed E-state index contributed by atoms with van der Waals surface area (Å²) in [5.74, 6) is -0.536. The van der Waals surface area contributed by atoms with Gasteiger partial charge in [-0.3, -0.25) is 0 Å². The Labute approximate surface area is 111 Å². The summed E-state index contributed by atoms with van der Waals surface area (Å²) in [6.45, 7) is 3.63. The van der Waals surface area contributed by atoms with Crippen LogP contribution in [0.1, 0.15) is 19.4 Å². The van der Waals surface area contributed by atoms with Crippen LogP contribution >= 0.6 is 0 Å². The molecule has 4 heteroatoms. The quantitative estimate of drug-likeness (QED) is 0.916. The summed E-state index contributed by atoms with van der Waals surface area (Å²) in [4.78, 5) is 10.4. The van der Waals surface area contributed by atoms with E-state index in [1.165, 1.54) is 0 Å². The van der Waals surface area contributed by atoms with Crippen molar-refractivity contribution in [3.8, 4) is 11.8 Å². The highest BCUT2D eigenvalue weighted by Crippen LogP contribution is 2.21. The van der Waals surface area contributed by atoms with E-state index in [-0.39, 0.29) is 6.61 Å². The van der Waals surface area contributed by atoms with Gasteiger partial charge >= 0.3 is 5.97 Å². The summed E-state index contributed by atoms with van der Waals surface area (Å²) in [7, 11) is 0. The van der Waals surface area contributed by atoms with Crippen LogP contribution in [-0.4, -0.2) is 17.7 Å². The van der Waals surface area contributed by atoms with Crippen LogP contribution in [0.5, 0.6) is 5.75 Å². The topological polar surface area (TPSA) is 70.3 Å². The minimum atomic E-state index is -1.02. The first kappa shape index (κ1) is 14.5. The van der Waals surface area contributed by atoms with Gasteiger partial charge in [-0.2, -0.15) is 5.26 Å². The number of benzene rings is 2. The summed E-state index contributed by atoms with van der Waals surface area (Å²) in [6, 6.07) is 12.6. The Kier molecular flexibility index (Phi) is 5.36. The van der Waals surface area contributed by atoms with Crippen LogP contribution in [0.3, 0.4) is 0 Å². The number of carboxylic acids is 1. The summed E-state index contributed by atoms with van der Waals surface area (Å²) in [6.07, 6.45) is 0. The van der Waals surface area contributed by atoms with Crippen molar-refractivity contribution in [2.75, 3.05) is 6.61 Å². The van der Waals surface area contributed by atoms with Crippen LogP contribution in [0.15, 0.2) is 36.4 Å². The van der Waals surface area contributed by atoms with Crippen LogP contribution in [0.4, 0.5) is 0 Å². The molecule has 0 saturated heterocycles. The predicted octanol–water partition coefficient (Wildman–Crippen LogP) is 3.20. The largest absolute Gasteiger partial charge is 0.482 e. The molecule has 0 aliphatic carbocycles. The van der Waals surface area contributed by atoms with Crippen molar-refractivity contribution >= 4 is 16.7 Å². The molecule has 2 rings (SSSR count). The second-order valence-corrected chi connectivity index (χ2v) is 3.52. The zero-order valence-electron chi connectivity index (χ0n) is 10.9. The van der Waals surface area contributed by atoms with Gasteiger partial charge in [0.05, 0.1) is 11.6 Å². The van der Waals surface area contributed by atoms with Gasteiger partial charge in [0.15, 0.2) is 6.61 Å². The van der Waals surface area contributed by atoms with Gasteiger partial charge in [0.25, 0.3) is 0 Å². The highest BCUT2D eigenvalue weighted by atomic mass is 16.5. The van der Waals surface area contributed by atoms with Crippen LogP contribution in [-0.2, 0) is 4.79 Å². The van der Waals surface area contributed by atoms with Crippen molar-refractivity contribution in [3.05, 3.63) is 42.0 Å². The van der Waals surface area contributed by atoms with Crippen molar-refractivity contribution in [3.63, 3.8) is 0 Å². The predicted molar refractivity (Wildman–Crippen MR) is 73.1 cm³/mol. The monoisotopic (exact) mass is 257 g/mol. The molecule has 0 radical (unpaired) electrons. The minimum absolute atomic E-state index is 0.372. The maximum atomic E-state index is 10.4. The van der Waals surface area contributed by atoms with E-state index >= 15 is 0 Å². The molecule has 0 aliphatic heterocycles. The van der Waals surface area contributed by atoms with Gasteiger partial charge in [-0.15, -0.1) is 0 Å². The van der Waals surface area contributed by atoms with E-state index in [2.05, 4.69) is 6.07 Å². The molecule has 2 aromatic carbocycles. The molecule has 19 heavy (non-hydrogen) atoms. The minimum Gasteiger partial charge on any atom is -0.482 e. The number of nitriles is 1. The third-order valence-corrected chi connectivity index (χ3v) is 2.30. The van der Waals surface area contributed by atoms with E-state index in [1.54, 1.807) is 24.3 Å². The van der Waals surface area contributed by atoms with Gasteiger partial charge < -0.3 is 9.84 Å². The molecule has 0 unspecified atom stereocenters. The Hall–Kier alpha value is -2.54. The summed E-state index contributed by atoms with van der Waals surface area (Å²) in [5.41, 5.74) is 0.563. The zero-order chi connectivity index (χ0) is 14.3. The fourth-order valence-electron chi connectivity index (χ4n) is 1.53. The summed E-state index contributed by atoms with van der Waals surface area (Å²) in [5, 5.41) is 19.1. The van der Waals surface area contributed by atoms with Crippen molar-refractivity contribution in [1.29, 1.82) is 5.26 Å². The van der Waals surface area contributed by atoms with E-state index in [0.29, 0.717) is 11.3 Å². The van der Waals surface area contributed by atoms with Crippen LogP contribution in [0.25, 0.3) is 10.8 Å². The number of ether oxygens (including phenoxy) is 1. The Morgan fingerprint density at radius 1 is 1.21 bits per heavy atom. The van der Waals surface area contributed by atoms with Crippen LogP contribution in [0.2, 0.25) is 0 Å². The number of hydrogen-bond acceptors (Lipinski definition) is 3. The van der Waals surface area contributed by atoms with E-state index in [1.807, 2.05) is 26.0 Å². The maximum Gasteiger partial charge on any atom is 0.341 e. The molecule has 0 saturated carbocycles. The molecule has 98 valence electrons. The zero-order valence-corrected chi connectivity index (χ0v) is 10.9. The number of fused-ring (bicyclic) bond motifs is 1. The fourth-order valence-corrected chi connectivity index (χ4v) is 1.53. The van der Waals surface area contributed by atoms with E-state index in [9.17, 15) is 4.79 Å². The number of rotatable bonds is 3. The molecule has 0 amide bonds. The second-order valence-electron chi connectivity index (χ2n) is 3.52. The third-order valence-electron chi connectivity index (χ3n) is 2.30. The standard InChI is InChI=1S/C13H9NO3.C2H6/c14-7-9-1-2-10-3-4-12(6-11(10)5-9)17-8-13(15)16;1-2/h1-6H,8H2,(H,15,16);1-2H3. The van der Waals surface area contributed by atoms with Crippen molar-refractivity contribution in [2.45, 2.75) is 13.8 Å².